The SMILES string of the molecule is CN(C)C1CCC(C[B-](F)(F)F)CC1.[K+]. The van der Waals surface area contributed by atoms with E-state index in [0.717, 1.165) is 25.7 Å². The largest absolute Gasteiger partial charge is 1.00 e. The molecule has 84 valence electrons. The van der Waals surface area contributed by atoms with Crippen LogP contribution in [0.15, 0.2) is 0 Å². The van der Waals surface area contributed by atoms with E-state index in [-0.39, 0.29) is 57.3 Å². The summed E-state index contributed by atoms with van der Waals surface area (Å²) in [5.41, 5.74) is 0. The van der Waals surface area contributed by atoms with Gasteiger partial charge in [0.2, 0.25) is 0 Å². The van der Waals surface area contributed by atoms with Gasteiger partial charge in [0.05, 0.1) is 0 Å². The van der Waals surface area contributed by atoms with Crippen molar-refractivity contribution < 1.29 is 64.3 Å². The summed E-state index contributed by atoms with van der Waals surface area (Å²) >= 11 is 0. The fourth-order valence-corrected chi connectivity index (χ4v) is 2.27. The van der Waals surface area contributed by atoms with E-state index in [9.17, 15) is 12.9 Å². The van der Waals surface area contributed by atoms with Gasteiger partial charge in [-0.2, -0.15) is 0 Å². The molecule has 1 rings (SSSR count). The molecular weight excluding hydrogens is 229 g/mol. The van der Waals surface area contributed by atoms with Gasteiger partial charge in [-0.25, -0.2) is 0 Å². The standard InChI is InChI=1S/C9H18BF3N.K/c1-14(2)9-5-3-8(4-6-9)7-10(11,12)13;/h8-9H,3-7H2,1-2H3;/q-1;+1. The second-order valence-electron chi connectivity index (χ2n) is 4.58. The summed E-state index contributed by atoms with van der Waals surface area (Å²) in [6.45, 7) is -4.58. The van der Waals surface area contributed by atoms with Crippen molar-refractivity contribution in [3.63, 3.8) is 0 Å². The topological polar surface area (TPSA) is 3.24 Å². The van der Waals surface area contributed by atoms with E-state index in [4.69, 9.17) is 0 Å². The predicted octanol–water partition coefficient (Wildman–Crippen LogP) is -0.0418. The molecule has 0 aromatic rings. The van der Waals surface area contributed by atoms with Crippen molar-refractivity contribution >= 4 is 6.98 Å². The van der Waals surface area contributed by atoms with Gasteiger partial charge < -0.3 is 17.8 Å². The molecule has 1 saturated carbocycles. The Morgan fingerprint density at radius 3 is 1.87 bits per heavy atom. The minimum Gasteiger partial charge on any atom is -0.449 e. The maximum absolute atomic E-state index is 12.1. The molecule has 0 heterocycles. The van der Waals surface area contributed by atoms with Gasteiger partial charge in [0.1, 0.15) is 0 Å². The van der Waals surface area contributed by atoms with E-state index in [2.05, 4.69) is 4.90 Å². The van der Waals surface area contributed by atoms with E-state index in [1.807, 2.05) is 14.1 Å². The van der Waals surface area contributed by atoms with Crippen molar-refractivity contribution in [2.24, 2.45) is 5.92 Å². The van der Waals surface area contributed by atoms with Crippen LogP contribution in [0.1, 0.15) is 25.7 Å². The molecule has 0 spiro atoms. The number of hydrogen-bond acceptors (Lipinski definition) is 1. The third kappa shape index (κ3) is 6.68. The van der Waals surface area contributed by atoms with Crippen LogP contribution in [0.5, 0.6) is 0 Å². The van der Waals surface area contributed by atoms with Gasteiger partial charge in [-0.05, 0) is 26.9 Å². The smallest absolute Gasteiger partial charge is 0.449 e. The van der Waals surface area contributed by atoms with E-state index in [1.54, 1.807) is 0 Å². The zero-order valence-electron chi connectivity index (χ0n) is 9.85. The summed E-state index contributed by atoms with van der Waals surface area (Å²) in [4.78, 5) is 2.12. The molecule has 0 N–H and O–H groups in total. The Hall–Kier alpha value is 1.45. The van der Waals surface area contributed by atoms with E-state index in [1.165, 1.54) is 0 Å². The monoisotopic (exact) mass is 247 g/mol. The Morgan fingerprint density at radius 2 is 1.53 bits per heavy atom. The van der Waals surface area contributed by atoms with Crippen LogP contribution in [0.2, 0.25) is 6.32 Å². The van der Waals surface area contributed by atoms with Crippen molar-refractivity contribution in [1.29, 1.82) is 0 Å². The normalized spacial score (nSPS) is 27.6. The molecule has 0 aliphatic heterocycles. The minimum absolute atomic E-state index is 0. The molecule has 1 aliphatic rings. The molecule has 6 heteroatoms. The maximum atomic E-state index is 12.1. The fraction of sp³-hybridized carbons (Fsp3) is 1.00. The van der Waals surface area contributed by atoms with E-state index < -0.39 is 13.3 Å². The first kappa shape index (κ1) is 16.5. The predicted molar refractivity (Wildman–Crippen MR) is 53.3 cm³/mol. The van der Waals surface area contributed by atoms with Gasteiger partial charge in [-0.15, -0.1) is 0 Å². The second kappa shape index (κ2) is 7.01. The minimum atomic E-state index is -4.58. The zero-order valence-corrected chi connectivity index (χ0v) is 13.0. The second-order valence-corrected chi connectivity index (χ2v) is 4.58. The van der Waals surface area contributed by atoms with Gasteiger partial charge in [-0.3, -0.25) is 0 Å². The summed E-state index contributed by atoms with van der Waals surface area (Å²) in [5.74, 6) is -0.105. The van der Waals surface area contributed by atoms with Gasteiger partial charge in [-0.1, -0.05) is 25.1 Å². The molecule has 1 fully saturated rings. The Morgan fingerprint density at radius 1 is 1.07 bits per heavy atom. The number of nitrogens with zero attached hydrogens (tertiary/aromatic N) is 1. The molecule has 0 aromatic carbocycles. The molecule has 1 nitrogen and oxygen atoms in total. The summed E-state index contributed by atoms with van der Waals surface area (Å²) in [6.07, 6.45) is 2.79. The van der Waals surface area contributed by atoms with Gasteiger partial charge in [0.25, 0.3) is 0 Å². The Bertz CT molecular complexity index is 179. The summed E-state index contributed by atoms with van der Waals surface area (Å²) < 4.78 is 36.4. The van der Waals surface area contributed by atoms with Crippen molar-refractivity contribution in [1.82, 2.24) is 4.90 Å². The average molecular weight is 247 g/mol. The average Bonchev–Trinajstić information content (AvgIpc) is 2.02. The number of halogens is 3. The molecular formula is C9H18BF3KN. The van der Waals surface area contributed by atoms with E-state index >= 15 is 0 Å². The zero-order chi connectivity index (χ0) is 10.8. The number of rotatable bonds is 3. The van der Waals surface area contributed by atoms with Crippen LogP contribution in [-0.4, -0.2) is 32.0 Å². The van der Waals surface area contributed by atoms with Gasteiger partial charge >= 0.3 is 58.4 Å². The Kier molecular flexibility index (Phi) is 7.69. The first-order valence-corrected chi connectivity index (χ1v) is 5.26. The molecule has 0 amide bonds. The summed E-state index contributed by atoms with van der Waals surface area (Å²) in [6, 6.07) is 0.493. The van der Waals surface area contributed by atoms with Crippen molar-refractivity contribution in [2.75, 3.05) is 14.1 Å². The maximum Gasteiger partial charge on any atom is 1.00 e. The quantitative estimate of drug-likeness (QED) is 0.632. The van der Waals surface area contributed by atoms with Crippen LogP contribution >= 0.6 is 0 Å². The van der Waals surface area contributed by atoms with Crippen LogP contribution in [0.4, 0.5) is 12.9 Å². The van der Waals surface area contributed by atoms with Crippen LogP contribution in [-0.2, 0) is 0 Å². The summed E-state index contributed by atoms with van der Waals surface area (Å²) in [7, 11) is 4.00. The molecule has 0 bridgehead atoms. The van der Waals surface area contributed by atoms with Crippen molar-refractivity contribution in [3.05, 3.63) is 0 Å². The van der Waals surface area contributed by atoms with Crippen LogP contribution < -0.4 is 51.4 Å². The molecule has 1 aliphatic carbocycles. The molecule has 0 saturated heterocycles. The van der Waals surface area contributed by atoms with Crippen LogP contribution in [0.25, 0.3) is 0 Å². The molecule has 0 unspecified atom stereocenters. The Balaban J connectivity index is 0.00000196. The van der Waals surface area contributed by atoms with Crippen molar-refractivity contribution in [2.45, 2.75) is 38.0 Å². The van der Waals surface area contributed by atoms with Crippen LogP contribution in [0, 0.1) is 5.92 Å². The molecule has 0 atom stereocenters. The fourth-order valence-electron chi connectivity index (χ4n) is 2.27. The third-order valence-corrected chi connectivity index (χ3v) is 3.15. The number of hydrogen-bond donors (Lipinski definition) is 0. The van der Waals surface area contributed by atoms with Gasteiger partial charge in [0, 0.05) is 6.04 Å². The third-order valence-electron chi connectivity index (χ3n) is 3.15. The molecule has 0 aromatic heterocycles. The van der Waals surface area contributed by atoms with Gasteiger partial charge in [0.15, 0.2) is 0 Å². The Labute approximate surface area is 133 Å². The molecule has 15 heavy (non-hydrogen) atoms. The summed E-state index contributed by atoms with van der Waals surface area (Å²) in [5, 5.41) is 0. The molecule has 0 radical (unpaired) electrons. The first-order valence-electron chi connectivity index (χ1n) is 5.26. The first-order chi connectivity index (χ1) is 6.38. The van der Waals surface area contributed by atoms with Crippen molar-refractivity contribution in [3.8, 4) is 0 Å². The van der Waals surface area contributed by atoms with E-state index in [0.29, 0.717) is 6.04 Å². The van der Waals surface area contributed by atoms with Crippen LogP contribution in [0.3, 0.4) is 0 Å².